The first kappa shape index (κ1) is 28.0. The molecule has 48 heavy (non-hydrogen) atoms. The van der Waals surface area contributed by atoms with E-state index in [9.17, 15) is 0 Å². The Labute approximate surface area is 281 Å². The average molecular weight is 609 g/mol. The van der Waals surface area contributed by atoms with Gasteiger partial charge >= 0.3 is 0 Å². The molecule has 0 fully saturated rings. The molecule has 0 N–H and O–H groups in total. The van der Waals surface area contributed by atoms with E-state index in [1.807, 2.05) is 0 Å². The fourth-order valence-electron chi connectivity index (χ4n) is 7.57. The highest BCUT2D eigenvalue weighted by Crippen LogP contribution is 2.49. The van der Waals surface area contributed by atoms with Crippen LogP contribution in [0.1, 0.15) is 0 Å². The molecule has 0 nitrogen and oxygen atoms in total. The van der Waals surface area contributed by atoms with Crippen molar-refractivity contribution in [1.82, 2.24) is 0 Å². The minimum atomic E-state index is 1.20. The fourth-order valence-corrected chi connectivity index (χ4v) is 7.57. The third-order valence-corrected chi connectivity index (χ3v) is 9.65. The molecular formula is C48H32. The molecule has 0 saturated carbocycles. The lowest BCUT2D eigenvalue weighted by atomic mass is 9.81. The van der Waals surface area contributed by atoms with Crippen LogP contribution in [0.3, 0.4) is 0 Å². The van der Waals surface area contributed by atoms with Crippen LogP contribution in [-0.2, 0) is 0 Å². The third kappa shape index (κ3) is 4.70. The lowest BCUT2D eigenvalue weighted by Crippen LogP contribution is -1.95. The topological polar surface area (TPSA) is 0 Å². The zero-order valence-electron chi connectivity index (χ0n) is 26.5. The van der Waals surface area contributed by atoms with E-state index in [1.54, 1.807) is 0 Å². The summed E-state index contributed by atoms with van der Waals surface area (Å²) in [5.41, 5.74) is 12.3. The van der Waals surface area contributed by atoms with Crippen LogP contribution in [0, 0.1) is 0 Å². The molecule has 0 aliphatic carbocycles. The number of benzene rings is 9. The summed E-state index contributed by atoms with van der Waals surface area (Å²) >= 11 is 0. The number of hydrogen-bond acceptors (Lipinski definition) is 0. The minimum absolute atomic E-state index is 1.20. The van der Waals surface area contributed by atoms with Gasteiger partial charge in [-0.25, -0.2) is 0 Å². The van der Waals surface area contributed by atoms with Crippen molar-refractivity contribution < 1.29 is 0 Å². The van der Waals surface area contributed by atoms with E-state index in [4.69, 9.17) is 0 Å². The van der Waals surface area contributed by atoms with E-state index in [2.05, 4.69) is 194 Å². The summed E-state index contributed by atoms with van der Waals surface area (Å²) in [7, 11) is 0. The normalized spacial score (nSPS) is 11.3. The average Bonchev–Trinajstić information content (AvgIpc) is 3.17. The molecular weight excluding hydrogens is 577 g/mol. The maximum Gasteiger partial charge on any atom is -0.00201 e. The predicted octanol–water partition coefficient (Wildman–Crippen LogP) is 13.5. The van der Waals surface area contributed by atoms with E-state index in [0.29, 0.717) is 0 Å². The first-order valence-corrected chi connectivity index (χ1v) is 16.6. The Morgan fingerprint density at radius 2 is 0.604 bits per heavy atom. The quantitative estimate of drug-likeness (QED) is 0.171. The maximum atomic E-state index is 2.43. The maximum absolute atomic E-state index is 2.43. The predicted molar refractivity (Wildman–Crippen MR) is 206 cm³/mol. The lowest BCUT2D eigenvalue weighted by Gasteiger charge is -2.22. The van der Waals surface area contributed by atoms with Crippen LogP contribution in [0.5, 0.6) is 0 Å². The highest BCUT2D eigenvalue weighted by molar-refractivity contribution is 6.24. The highest BCUT2D eigenvalue weighted by atomic mass is 14.2. The van der Waals surface area contributed by atoms with Gasteiger partial charge in [0.15, 0.2) is 0 Å². The first-order chi connectivity index (χ1) is 23.8. The Morgan fingerprint density at radius 1 is 0.208 bits per heavy atom. The van der Waals surface area contributed by atoms with Crippen molar-refractivity contribution in [2.75, 3.05) is 0 Å². The van der Waals surface area contributed by atoms with Crippen molar-refractivity contribution in [3.8, 4) is 55.6 Å². The Hall–Kier alpha value is -6.24. The summed E-state index contributed by atoms with van der Waals surface area (Å²) in [6.07, 6.45) is 0. The van der Waals surface area contributed by atoms with Gasteiger partial charge < -0.3 is 0 Å². The first-order valence-electron chi connectivity index (χ1n) is 16.6. The van der Waals surface area contributed by atoms with Crippen LogP contribution in [0.25, 0.3) is 88.0 Å². The van der Waals surface area contributed by atoms with Gasteiger partial charge in [0.05, 0.1) is 0 Å². The molecule has 9 rings (SSSR count). The number of fused-ring (bicyclic) bond motifs is 3. The van der Waals surface area contributed by atoms with Gasteiger partial charge in [-0.05, 0) is 100 Å². The molecule has 9 aromatic rings. The van der Waals surface area contributed by atoms with E-state index in [0.717, 1.165) is 0 Å². The summed E-state index contributed by atoms with van der Waals surface area (Å²) in [6, 6.07) is 70.8. The Kier molecular flexibility index (Phi) is 6.91. The third-order valence-electron chi connectivity index (χ3n) is 9.65. The summed E-state index contributed by atoms with van der Waals surface area (Å²) in [5, 5.41) is 7.56. The van der Waals surface area contributed by atoms with Gasteiger partial charge in [0.25, 0.3) is 0 Å². The van der Waals surface area contributed by atoms with Crippen LogP contribution < -0.4 is 0 Å². The SMILES string of the molecule is c1ccc(-c2cc(-c3c4ccccc4c(-c4cccc5ccccc45)c4ccccc34)cc(-c3ccccc3)c2-c2ccccc2)cc1. The lowest BCUT2D eigenvalue weighted by molar-refractivity contribution is 1.55. The van der Waals surface area contributed by atoms with Crippen LogP contribution in [0.2, 0.25) is 0 Å². The molecule has 0 spiro atoms. The Bertz CT molecular complexity index is 2460. The molecule has 0 amide bonds. The molecule has 0 atom stereocenters. The summed E-state index contributed by atoms with van der Waals surface area (Å²) in [4.78, 5) is 0. The molecule has 0 aliphatic rings. The molecule has 0 heteroatoms. The van der Waals surface area contributed by atoms with Crippen molar-refractivity contribution in [2.45, 2.75) is 0 Å². The smallest absolute Gasteiger partial charge is 0.00201 e. The van der Waals surface area contributed by atoms with E-state index >= 15 is 0 Å². The molecule has 9 aromatic carbocycles. The van der Waals surface area contributed by atoms with Crippen molar-refractivity contribution in [1.29, 1.82) is 0 Å². The van der Waals surface area contributed by atoms with Crippen LogP contribution in [-0.4, -0.2) is 0 Å². The standard InChI is InChI=1S/C48H32/c1-4-17-34(18-5-1)44-31-37(32-45(35-19-6-2-7-20-35)46(44)36-22-8-3-9-23-36)47-40-26-12-14-28-42(40)48(43-29-15-13-27-41(43)47)39-30-16-24-33-21-10-11-25-38(33)39/h1-32H. The largest absolute Gasteiger partial charge is 0.0622 e. The monoisotopic (exact) mass is 608 g/mol. The molecule has 0 heterocycles. The molecule has 0 aromatic heterocycles. The molecule has 0 radical (unpaired) electrons. The van der Waals surface area contributed by atoms with Gasteiger partial charge in [-0.15, -0.1) is 0 Å². The Morgan fingerprint density at radius 3 is 1.12 bits per heavy atom. The molecule has 0 bridgehead atoms. The van der Waals surface area contributed by atoms with Gasteiger partial charge in [-0.3, -0.25) is 0 Å². The van der Waals surface area contributed by atoms with Gasteiger partial charge in [-0.1, -0.05) is 182 Å². The fraction of sp³-hybridized carbons (Fsp3) is 0. The Balaban J connectivity index is 1.43. The van der Waals surface area contributed by atoms with Gasteiger partial charge in [0.2, 0.25) is 0 Å². The van der Waals surface area contributed by atoms with E-state index < -0.39 is 0 Å². The minimum Gasteiger partial charge on any atom is -0.0622 e. The van der Waals surface area contributed by atoms with Crippen LogP contribution in [0.15, 0.2) is 194 Å². The van der Waals surface area contributed by atoms with E-state index in [1.165, 1.54) is 88.0 Å². The molecule has 0 saturated heterocycles. The zero-order valence-corrected chi connectivity index (χ0v) is 26.5. The zero-order chi connectivity index (χ0) is 31.9. The van der Waals surface area contributed by atoms with Crippen molar-refractivity contribution in [3.05, 3.63) is 194 Å². The second-order valence-corrected chi connectivity index (χ2v) is 12.4. The van der Waals surface area contributed by atoms with Gasteiger partial charge in [-0.2, -0.15) is 0 Å². The van der Waals surface area contributed by atoms with Crippen molar-refractivity contribution >= 4 is 32.3 Å². The number of hydrogen-bond donors (Lipinski definition) is 0. The summed E-state index contributed by atoms with van der Waals surface area (Å²) in [6.45, 7) is 0. The van der Waals surface area contributed by atoms with E-state index in [-0.39, 0.29) is 0 Å². The molecule has 0 unspecified atom stereocenters. The van der Waals surface area contributed by atoms with Crippen LogP contribution >= 0.6 is 0 Å². The summed E-state index contributed by atoms with van der Waals surface area (Å²) in [5.74, 6) is 0. The second-order valence-electron chi connectivity index (χ2n) is 12.4. The molecule has 224 valence electrons. The highest BCUT2D eigenvalue weighted by Gasteiger charge is 2.21. The van der Waals surface area contributed by atoms with Crippen LogP contribution in [0.4, 0.5) is 0 Å². The van der Waals surface area contributed by atoms with Gasteiger partial charge in [0, 0.05) is 0 Å². The van der Waals surface area contributed by atoms with Crippen molar-refractivity contribution in [2.24, 2.45) is 0 Å². The molecule has 0 aliphatic heterocycles. The van der Waals surface area contributed by atoms with Gasteiger partial charge in [0.1, 0.15) is 0 Å². The second kappa shape index (κ2) is 11.8. The number of rotatable bonds is 5. The summed E-state index contributed by atoms with van der Waals surface area (Å²) < 4.78 is 0. The van der Waals surface area contributed by atoms with Crippen molar-refractivity contribution in [3.63, 3.8) is 0 Å².